The first-order chi connectivity index (χ1) is 6.36. The lowest BCUT2D eigenvalue weighted by Crippen LogP contribution is -2.19. The fourth-order valence-electron chi connectivity index (χ4n) is 1.33. The molecule has 0 aliphatic carbocycles. The van der Waals surface area contributed by atoms with Crippen LogP contribution < -0.4 is 5.32 Å². The predicted octanol–water partition coefficient (Wildman–Crippen LogP) is 1.94. The molecular weight excluding hydrogens is 160 g/mol. The Kier molecular flexibility index (Phi) is 2.13. The van der Waals surface area contributed by atoms with Crippen LogP contribution in [0.2, 0.25) is 0 Å². The number of hydrogen-bond donors (Lipinski definition) is 1. The molecule has 0 aromatic heterocycles. The Hall–Kier alpha value is -1.57. The third-order valence-corrected chi connectivity index (χ3v) is 2.03. The Labute approximate surface area is 78.0 Å². The van der Waals surface area contributed by atoms with Crippen LogP contribution in [-0.4, -0.2) is 12.4 Å². The van der Waals surface area contributed by atoms with E-state index in [0.29, 0.717) is 6.67 Å². The highest BCUT2D eigenvalue weighted by molar-refractivity contribution is 6.09. The predicted molar refractivity (Wildman–Crippen MR) is 54.7 cm³/mol. The van der Waals surface area contributed by atoms with Crippen molar-refractivity contribution in [1.82, 2.24) is 5.32 Å². The van der Waals surface area contributed by atoms with Crippen LogP contribution in [0.25, 0.3) is 0 Å². The Morgan fingerprint density at radius 1 is 1.23 bits per heavy atom. The zero-order valence-electron chi connectivity index (χ0n) is 7.62. The molecule has 0 radical (unpaired) electrons. The summed E-state index contributed by atoms with van der Waals surface area (Å²) in [6.07, 6.45) is 2.07. The average molecular weight is 172 g/mol. The van der Waals surface area contributed by atoms with Gasteiger partial charge in [0.1, 0.15) is 6.67 Å². The SMILES string of the molecule is CC1=CC(c2ccccc2)=NCN1. The van der Waals surface area contributed by atoms with E-state index in [2.05, 4.69) is 35.4 Å². The monoisotopic (exact) mass is 172 g/mol. The maximum absolute atomic E-state index is 4.38. The van der Waals surface area contributed by atoms with E-state index in [9.17, 15) is 0 Å². The molecular formula is C11H12N2. The molecule has 1 aliphatic heterocycles. The number of nitrogens with one attached hydrogen (secondary N) is 1. The molecule has 0 amide bonds. The minimum atomic E-state index is 0.687. The smallest absolute Gasteiger partial charge is 0.108 e. The maximum Gasteiger partial charge on any atom is 0.108 e. The van der Waals surface area contributed by atoms with Crippen molar-refractivity contribution < 1.29 is 0 Å². The van der Waals surface area contributed by atoms with Gasteiger partial charge >= 0.3 is 0 Å². The molecule has 1 aromatic rings. The van der Waals surface area contributed by atoms with Gasteiger partial charge < -0.3 is 5.32 Å². The highest BCUT2D eigenvalue weighted by atomic mass is 15.0. The number of aliphatic imine (C=N–C) groups is 1. The molecule has 0 fully saturated rings. The summed E-state index contributed by atoms with van der Waals surface area (Å²) < 4.78 is 0. The number of benzene rings is 1. The number of allylic oxidation sites excluding steroid dienone is 2. The molecule has 0 saturated carbocycles. The molecule has 2 heteroatoms. The number of rotatable bonds is 1. The zero-order valence-corrected chi connectivity index (χ0v) is 7.62. The van der Waals surface area contributed by atoms with Crippen molar-refractivity contribution in [2.75, 3.05) is 6.67 Å². The van der Waals surface area contributed by atoms with Crippen LogP contribution in [0.3, 0.4) is 0 Å². The van der Waals surface area contributed by atoms with Crippen molar-refractivity contribution >= 4 is 5.71 Å². The van der Waals surface area contributed by atoms with Crippen LogP contribution in [0.5, 0.6) is 0 Å². The summed E-state index contributed by atoms with van der Waals surface area (Å²) in [4.78, 5) is 4.38. The summed E-state index contributed by atoms with van der Waals surface area (Å²) in [5.74, 6) is 0. The lowest BCUT2D eigenvalue weighted by molar-refractivity contribution is 0.817. The topological polar surface area (TPSA) is 24.4 Å². The Balaban J connectivity index is 2.33. The minimum absolute atomic E-state index is 0.687. The van der Waals surface area contributed by atoms with Crippen LogP contribution in [-0.2, 0) is 0 Å². The first kappa shape index (κ1) is 8.05. The minimum Gasteiger partial charge on any atom is -0.370 e. The van der Waals surface area contributed by atoms with Crippen LogP contribution in [0.1, 0.15) is 12.5 Å². The Bertz CT molecular complexity index is 350. The van der Waals surface area contributed by atoms with E-state index in [-0.39, 0.29) is 0 Å². The molecule has 0 atom stereocenters. The lowest BCUT2D eigenvalue weighted by Gasteiger charge is -2.11. The molecule has 1 aromatic carbocycles. The molecule has 1 N–H and O–H groups in total. The number of hydrogen-bond acceptors (Lipinski definition) is 2. The fraction of sp³-hybridized carbons (Fsp3) is 0.182. The molecule has 0 bridgehead atoms. The fourth-order valence-corrected chi connectivity index (χ4v) is 1.33. The molecule has 0 saturated heterocycles. The standard InChI is InChI=1S/C11H12N2/c1-9-7-11(13-8-12-9)10-5-3-2-4-6-10/h2-7,12H,8H2,1H3. The van der Waals surface area contributed by atoms with Gasteiger partial charge in [0, 0.05) is 5.70 Å². The van der Waals surface area contributed by atoms with Gasteiger partial charge in [0.15, 0.2) is 0 Å². The van der Waals surface area contributed by atoms with Crippen molar-refractivity contribution in [1.29, 1.82) is 0 Å². The van der Waals surface area contributed by atoms with E-state index in [0.717, 1.165) is 5.71 Å². The first-order valence-electron chi connectivity index (χ1n) is 4.38. The summed E-state index contributed by atoms with van der Waals surface area (Å²) in [7, 11) is 0. The van der Waals surface area contributed by atoms with Crippen molar-refractivity contribution in [3.8, 4) is 0 Å². The second-order valence-electron chi connectivity index (χ2n) is 3.07. The van der Waals surface area contributed by atoms with Crippen LogP contribution in [0, 0.1) is 0 Å². The second-order valence-corrected chi connectivity index (χ2v) is 3.07. The van der Waals surface area contributed by atoms with Crippen molar-refractivity contribution in [2.45, 2.75) is 6.92 Å². The Morgan fingerprint density at radius 3 is 2.69 bits per heavy atom. The molecule has 1 aliphatic rings. The first-order valence-corrected chi connectivity index (χ1v) is 4.38. The average Bonchev–Trinajstić information content (AvgIpc) is 2.19. The summed E-state index contributed by atoms with van der Waals surface area (Å²) in [6, 6.07) is 10.2. The normalized spacial score (nSPS) is 15.8. The van der Waals surface area contributed by atoms with E-state index in [1.807, 2.05) is 18.2 Å². The van der Waals surface area contributed by atoms with E-state index in [1.165, 1.54) is 11.3 Å². The molecule has 2 rings (SSSR count). The van der Waals surface area contributed by atoms with Crippen molar-refractivity contribution in [3.05, 3.63) is 47.7 Å². The van der Waals surface area contributed by atoms with Gasteiger partial charge in [-0.15, -0.1) is 0 Å². The molecule has 13 heavy (non-hydrogen) atoms. The van der Waals surface area contributed by atoms with Gasteiger partial charge in [-0.1, -0.05) is 30.3 Å². The van der Waals surface area contributed by atoms with E-state index in [1.54, 1.807) is 0 Å². The highest BCUT2D eigenvalue weighted by Gasteiger charge is 2.03. The summed E-state index contributed by atoms with van der Waals surface area (Å²) in [5, 5.41) is 3.16. The van der Waals surface area contributed by atoms with E-state index >= 15 is 0 Å². The van der Waals surface area contributed by atoms with Gasteiger partial charge in [-0.3, -0.25) is 4.99 Å². The quantitative estimate of drug-likeness (QED) is 0.687. The van der Waals surface area contributed by atoms with Crippen molar-refractivity contribution in [2.24, 2.45) is 4.99 Å². The van der Waals surface area contributed by atoms with Gasteiger partial charge in [-0.05, 0) is 18.6 Å². The summed E-state index contributed by atoms with van der Waals surface area (Å²) in [6.45, 7) is 2.74. The lowest BCUT2D eigenvalue weighted by atomic mass is 10.1. The Morgan fingerprint density at radius 2 is 2.00 bits per heavy atom. The molecule has 0 unspecified atom stereocenters. The summed E-state index contributed by atoms with van der Waals surface area (Å²) >= 11 is 0. The molecule has 66 valence electrons. The second kappa shape index (κ2) is 3.44. The van der Waals surface area contributed by atoms with Crippen LogP contribution in [0.4, 0.5) is 0 Å². The largest absolute Gasteiger partial charge is 0.370 e. The number of nitrogens with zero attached hydrogens (tertiary/aromatic N) is 1. The molecule has 0 spiro atoms. The van der Waals surface area contributed by atoms with Gasteiger partial charge in [-0.25, -0.2) is 0 Å². The van der Waals surface area contributed by atoms with Crippen LogP contribution >= 0.6 is 0 Å². The van der Waals surface area contributed by atoms with Crippen molar-refractivity contribution in [3.63, 3.8) is 0 Å². The van der Waals surface area contributed by atoms with Gasteiger partial charge in [0.05, 0.1) is 5.71 Å². The van der Waals surface area contributed by atoms with E-state index in [4.69, 9.17) is 0 Å². The van der Waals surface area contributed by atoms with Crippen LogP contribution in [0.15, 0.2) is 47.1 Å². The maximum atomic E-state index is 4.38. The molecule has 2 nitrogen and oxygen atoms in total. The summed E-state index contributed by atoms with van der Waals surface area (Å²) in [5.41, 5.74) is 3.43. The van der Waals surface area contributed by atoms with Gasteiger partial charge in [0.25, 0.3) is 0 Å². The highest BCUT2D eigenvalue weighted by Crippen LogP contribution is 2.06. The molecule has 1 heterocycles. The zero-order chi connectivity index (χ0) is 9.10. The van der Waals surface area contributed by atoms with Gasteiger partial charge in [-0.2, -0.15) is 0 Å². The third kappa shape index (κ3) is 1.78. The van der Waals surface area contributed by atoms with E-state index < -0.39 is 0 Å². The third-order valence-electron chi connectivity index (χ3n) is 2.03. The van der Waals surface area contributed by atoms with Gasteiger partial charge in [0.2, 0.25) is 0 Å².